The molecule has 0 spiro atoms. The number of nitrogens with two attached hydrogens (primary N) is 1. The summed E-state index contributed by atoms with van der Waals surface area (Å²) >= 11 is 0. The predicted molar refractivity (Wildman–Crippen MR) is 130 cm³/mol. The molecule has 0 aliphatic carbocycles. The molecule has 0 aliphatic rings. The van der Waals surface area contributed by atoms with E-state index in [0.29, 0.717) is 27.2 Å². The number of aliphatic imine (C=N–C) groups is 1. The van der Waals surface area contributed by atoms with Crippen molar-refractivity contribution in [3.05, 3.63) is 101 Å². The van der Waals surface area contributed by atoms with Crippen molar-refractivity contribution in [2.45, 2.75) is 12.7 Å². The Morgan fingerprint density at radius 1 is 1.13 bits per heavy atom. The fraction of sp³-hybridized carbons (Fsp3) is 0.120. The Morgan fingerprint density at radius 2 is 1.92 bits per heavy atom. The summed E-state index contributed by atoms with van der Waals surface area (Å²) in [6.07, 6.45) is 1.59. The van der Waals surface area contributed by atoms with Crippen molar-refractivity contribution in [1.82, 2.24) is 19.6 Å². The van der Waals surface area contributed by atoms with Crippen LogP contribution < -0.4 is 15.9 Å². The lowest BCUT2D eigenvalue weighted by Gasteiger charge is -2.13. The molecule has 2 heterocycles. The second-order valence-corrected chi connectivity index (χ2v) is 7.75. The van der Waals surface area contributed by atoms with Crippen LogP contribution in [0.3, 0.4) is 0 Å². The van der Waals surface area contributed by atoms with E-state index in [1.807, 2.05) is 0 Å². The van der Waals surface area contributed by atoms with Crippen molar-refractivity contribution in [3.63, 3.8) is 0 Å². The molecular weight excluding hydrogens is 511 g/mol. The van der Waals surface area contributed by atoms with Crippen molar-refractivity contribution < 1.29 is 26.7 Å². The fourth-order valence-electron chi connectivity index (χ4n) is 3.51. The third-order valence-corrected chi connectivity index (χ3v) is 5.29. The van der Waals surface area contributed by atoms with Crippen LogP contribution in [0.25, 0.3) is 16.8 Å². The van der Waals surface area contributed by atoms with Gasteiger partial charge in [0, 0.05) is 24.0 Å². The van der Waals surface area contributed by atoms with Crippen LogP contribution in [0.2, 0.25) is 0 Å². The average molecular weight is 530 g/mol. The van der Waals surface area contributed by atoms with Crippen molar-refractivity contribution in [2.75, 3.05) is 7.11 Å². The van der Waals surface area contributed by atoms with Crippen LogP contribution in [0, 0.1) is 0 Å². The predicted octanol–water partition coefficient (Wildman–Crippen LogP) is 5.11. The summed E-state index contributed by atoms with van der Waals surface area (Å²) in [7, 11) is 1.40. The summed E-state index contributed by atoms with van der Waals surface area (Å²) < 4.78 is 72.4. The molecule has 0 unspecified atom stereocenters. The van der Waals surface area contributed by atoms with Crippen molar-refractivity contribution >= 4 is 11.4 Å². The Hall–Kier alpha value is -4.81. The molecule has 196 valence electrons. The molecule has 4 rings (SSSR count). The first-order chi connectivity index (χ1) is 18.1. The normalized spacial score (nSPS) is 12.4. The number of allylic oxidation sites excluding steroid dienone is 1. The molecule has 0 amide bonds. The SMILES string of the molecule is COc1cc(-c2cnn(C(F)F)c2)ccc1-n1ccc(=O)c(C(C=CN)=Nc2cccc(C(F)(F)F)c2)n1. The maximum atomic E-state index is 13.1. The number of aromatic nitrogens is 4. The molecule has 0 aliphatic heterocycles. The fourth-order valence-corrected chi connectivity index (χ4v) is 3.51. The quantitative estimate of drug-likeness (QED) is 0.264. The molecule has 0 radical (unpaired) electrons. The topological polar surface area (TPSA) is 100 Å². The summed E-state index contributed by atoms with van der Waals surface area (Å²) in [5, 5.41) is 7.94. The van der Waals surface area contributed by atoms with Gasteiger partial charge in [0.2, 0.25) is 5.43 Å². The van der Waals surface area contributed by atoms with Gasteiger partial charge in [0.1, 0.15) is 11.4 Å². The standard InChI is InChI=1S/C25H19F5N6O2/c1-38-22-11-15(16-13-32-36(14-16)24(26)27)5-6-20(22)35-10-8-21(37)23(34-35)19(7-9-31)33-18-4-2-3-17(12-18)25(28,29)30/h2-14,24H,31H2,1H3. The molecule has 2 aromatic carbocycles. The van der Waals surface area contributed by atoms with E-state index >= 15 is 0 Å². The van der Waals surface area contributed by atoms with Gasteiger partial charge in [-0.3, -0.25) is 4.79 Å². The number of methoxy groups -OCH3 is 1. The highest BCUT2D eigenvalue weighted by Gasteiger charge is 2.30. The minimum absolute atomic E-state index is 0.0594. The van der Waals surface area contributed by atoms with Crippen molar-refractivity contribution in [1.29, 1.82) is 0 Å². The first-order valence-electron chi connectivity index (χ1n) is 10.9. The maximum absolute atomic E-state index is 13.1. The molecule has 38 heavy (non-hydrogen) atoms. The molecule has 0 saturated heterocycles. The van der Waals surface area contributed by atoms with E-state index in [9.17, 15) is 26.7 Å². The zero-order valence-corrected chi connectivity index (χ0v) is 19.6. The first kappa shape index (κ1) is 26.3. The summed E-state index contributed by atoms with van der Waals surface area (Å²) in [6, 6.07) is 10.3. The Labute approximate surface area is 212 Å². The van der Waals surface area contributed by atoms with E-state index in [1.54, 1.807) is 18.2 Å². The molecule has 0 fully saturated rings. The highest BCUT2D eigenvalue weighted by molar-refractivity contribution is 6.08. The van der Waals surface area contributed by atoms with Crippen molar-refractivity contribution in [3.8, 4) is 22.6 Å². The van der Waals surface area contributed by atoms with E-state index in [1.165, 1.54) is 54.7 Å². The van der Waals surface area contributed by atoms with Gasteiger partial charge in [-0.05, 0) is 48.2 Å². The second kappa shape index (κ2) is 10.7. The van der Waals surface area contributed by atoms with Gasteiger partial charge < -0.3 is 10.5 Å². The molecule has 8 nitrogen and oxygen atoms in total. The third kappa shape index (κ3) is 5.61. The number of benzene rings is 2. The molecular formula is C25H19F5N6O2. The summed E-state index contributed by atoms with van der Waals surface area (Å²) in [4.78, 5) is 16.8. The van der Waals surface area contributed by atoms with Crippen LogP contribution in [0.15, 0.2) is 89.2 Å². The van der Waals surface area contributed by atoms with Gasteiger partial charge in [0.05, 0.1) is 30.3 Å². The van der Waals surface area contributed by atoms with Gasteiger partial charge in [0.15, 0.2) is 5.69 Å². The van der Waals surface area contributed by atoms with Crippen LogP contribution in [-0.4, -0.2) is 32.4 Å². The Bertz CT molecular complexity index is 1570. The number of hydrogen-bond acceptors (Lipinski definition) is 6. The van der Waals surface area contributed by atoms with E-state index < -0.39 is 23.7 Å². The monoisotopic (exact) mass is 530 g/mol. The van der Waals surface area contributed by atoms with Gasteiger partial charge in [-0.25, -0.2) is 14.4 Å². The lowest BCUT2D eigenvalue weighted by molar-refractivity contribution is -0.137. The van der Waals surface area contributed by atoms with Gasteiger partial charge in [0.25, 0.3) is 0 Å². The lowest BCUT2D eigenvalue weighted by atomic mass is 10.1. The first-order valence-corrected chi connectivity index (χ1v) is 10.9. The molecule has 0 bridgehead atoms. The number of halogens is 5. The minimum atomic E-state index is -4.58. The van der Waals surface area contributed by atoms with Crippen LogP contribution in [-0.2, 0) is 6.18 Å². The maximum Gasteiger partial charge on any atom is 0.416 e. The van der Waals surface area contributed by atoms with Crippen LogP contribution >= 0.6 is 0 Å². The smallest absolute Gasteiger partial charge is 0.416 e. The molecule has 13 heteroatoms. The number of rotatable bonds is 7. The molecule has 0 saturated carbocycles. The van der Waals surface area contributed by atoms with E-state index in [2.05, 4.69) is 15.2 Å². The number of nitrogens with zero attached hydrogens (tertiary/aromatic N) is 5. The average Bonchev–Trinajstić information content (AvgIpc) is 3.39. The molecule has 2 aromatic heterocycles. The number of hydrogen-bond donors (Lipinski definition) is 1. The summed E-state index contributed by atoms with van der Waals surface area (Å²) in [5.41, 5.74) is 5.08. The van der Waals surface area contributed by atoms with Gasteiger partial charge in [-0.1, -0.05) is 12.1 Å². The Kier molecular flexibility index (Phi) is 7.37. The van der Waals surface area contributed by atoms with E-state index in [-0.39, 0.29) is 17.1 Å². The highest BCUT2D eigenvalue weighted by Crippen LogP contribution is 2.32. The lowest BCUT2D eigenvalue weighted by Crippen LogP contribution is -2.20. The molecule has 2 N–H and O–H groups in total. The highest BCUT2D eigenvalue weighted by atomic mass is 19.4. The van der Waals surface area contributed by atoms with Crippen LogP contribution in [0.1, 0.15) is 17.8 Å². The Morgan fingerprint density at radius 3 is 2.58 bits per heavy atom. The zero-order valence-electron chi connectivity index (χ0n) is 19.6. The largest absolute Gasteiger partial charge is 0.494 e. The molecule has 0 atom stereocenters. The third-order valence-electron chi connectivity index (χ3n) is 5.29. The summed E-state index contributed by atoms with van der Waals surface area (Å²) in [5.74, 6) is 0.292. The van der Waals surface area contributed by atoms with E-state index in [0.717, 1.165) is 18.3 Å². The van der Waals surface area contributed by atoms with Crippen molar-refractivity contribution in [2.24, 2.45) is 10.7 Å². The zero-order chi connectivity index (χ0) is 27.4. The van der Waals surface area contributed by atoms with Gasteiger partial charge >= 0.3 is 12.7 Å². The van der Waals surface area contributed by atoms with Crippen LogP contribution in [0.4, 0.5) is 27.6 Å². The summed E-state index contributed by atoms with van der Waals surface area (Å²) in [6.45, 7) is -2.79. The van der Waals surface area contributed by atoms with Gasteiger partial charge in [-0.2, -0.15) is 32.1 Å². The van der Waals surface area contributed by atoms with E-state index in [4.69, 9.17) is 10.5 Å². The number of alkyl halides is 5. The Balaban J connectivity index is 1.77. The van der Waals surface area contributed by atoms with Crippen LogP contribution in [0.5, 0.6) is 5.75 Å². The van der Waals surface area contributed by atoms with Gasteiger partial charge in [-0.15, -0.1) is 0 Å². The number of ether oxygens (including phenoxy) is 1. The second-order valence-electron chi connectivity index (χ2n) is 7.75. The minimum Gasteiger partial charge on any atom is -0.494 e. The molecule has 4 aromatic rings.